The van der Waals surface area contributed by atoms with Crippen molar-refractivity contribution in [2.24, 2.45) is 0 Å². The van der Waals surface area contributed by atoms with Crippen molar-refractivity contribution in [1.29, 1.82) is 0 Å². The van der Waals surface area contributed by atoms with Gasteiger partial charge in [-0.1, -0.05) is 37.2 Å². The minimum absolute atomic E-state index is 0.0799. The molecule has 6 nitrogen and oxygen atoms in total. The molecule has 0 N–H and O–H groups in total. The topological polar surface area (TPSA) is 64.2 Å². The van der Waals surface area contributed by atoms with Crippen LogP contribution in [0.25, 0.3) is 5.69 Å². The number of carbonyl (C=O) groups is 1. The van der Waals surface area contributed by atoms with Crippen LogP contribution in [0.1, 0.15) is 58.5 Å². The quantitative estimate of drug-likeness (QED) is 0.679. The fraction of sp³-hybridized carbons (Fsp3) is 0.381. The first-order valence-electron chi connectivity index (χ1n) is 9.13. The number of benzene rings is 1. The third-order valence-corrected chi connectivity index (χ3v) is 4.81. The molecule has 0 aliphatic heterocycles. The molecule has 3 rings (SSSR count). The molecule has 0 aliphatic rings. The molecule has 0 fully saturated rings. The number of para-hydroxylation sites is 1. The summed E-state index contributed by atoms with van der Waals surface area (Å²) in [5, 5.41) is 8.65. The second-order valence-electron chi connectivity index (χ2n) is 7.22. The predicted molar refractivity (Wildman–Crippen MR) is 104 cm³/mol. The highest BCUT2D eigenvalue weighted by molar-refractivity contribution is 5.96. The average Bonchev–Trinajstić information content (AvgIpc) is 3.16. The third kappa shape index (κ3) is 3.52. The van der Waals surface area contributed by atoms with Gasteiger partial charge in [-0.05, 0) is 32.9 Å². The molecule has 2 heterocycles. The number of amides is 1. The van der Waals surface area contributed by atoms with E-state index in [9.17, 15) is 4.79 Å². The normalized spacial score (nSPS) is 11.2. The van der Waals surface area contributed by atoms with Crippen LogP contribution in [0.2, 0.25) is 0 Å². The van der Waals surface area contributed by atoms with Gasteiger partial charge < -0.3 is 9.42 Å². The van der Waals surface area contributed by atoms with Gasteiger partial charge in [-0.15, -0.1) is 0 Å². The monoisotopic (exact) mass is 366 g/mol. The van der Waals surface area contributed by atoms with E-state index in [1.54, 1.807) is 18.9 Å². The molecular weight excluding hydrogens is 340 g/mol. The first kappa shape index (κ1) is 18.9. The Balaban J connectivity index is 1.89. The maximum absolute atomic E-state index is 13.1. The Morgan fingerprint density at radius 3 is 2.44 bits per heavy atom. The molecule has 0 unspecified atom stereocenters. The number of nitrogens with zero attached hydrogens (tertiary/aromatic N) is 4. The number of aryl methyl sites for hydroxylation is 2. The molecule has 27 heavy (non-hydrogen) atoms. The van der Waals surface area contributed by atoms with Crippen molar-refractivity contribution in [3.63, 3.8) is 0 Å². The lowest BCUT2D eigenvalue weighted by atomic mass is 10.0. The van der Waals surface area contributed by atoms with Crippen LogP contribution in [-0.2, 0) is 6.54 Å². The maximum atomic E-state index is 13.1. The molecule has 6 heteroatoms. The van der Waals surface area contributed by atoms with Crippen molar-refractivity contribution in [3.05, 3.63) is 64.3 Å². The Kier molecular flexibility index (Phi) is 5.17. The van der Waals surface area contributed by atoms with Crippen LogP contribution in [0.4, 0.5) is 0 Å². The van der Waals surface area contributed by atoms with Crippen LogP contribution in [0.15, 0.2) is 34.9 Å². The molecule has 2 aromatic heterocycles. The Morgan fingerprint density at radius 1 is 1.15 bits per heavy atom. The van der Waals surface area contributed by atoms with Gasteiger partial charge in [0.1, 0.15) is 5.56 Å². The first-order chi connectivity index (χ1) is 12.8. The second-order valence-corrected chi connectivity index (χ2v) is 7.22. The van der Waals surface area contributed by atoms with Crippen LogP contribution in [0, 0.1) is 20.8 Å². The second kappa shape index (κ2) is 7.39. The molecule has 0 saturated heterocycles. The first-order valence-corrected chi connectivity index (χ1v) is 9.13. The van der Waals surface area contributed by atoms with Gasteiger partial charge in [-0.3, -0.25) is 4.79 Å². The SMILES string of the molecule is Cc1nn(-c2ccccc2)c(C)c1CN(C)C(=O)c1c(C)noc1C(C)C. The largest absolute Gasteiger partial charge is 0.360 e. The molecule has 1 aromatic carbocycles. The van der Waals surface area contributed by atoms with Crippen molar-refractivity contribution in [2.45, 2.75) is 47.1 Å². The summed E-state index contributed by atoms with van der Waals surface area (Å²) in [5.41, 5.74) is 5.21. The highest BCUT2D eigenvalue weighted by Gasteiger charge is 2.26. The molecule has 3 aromatic rings. The van der Waals surface area contributed by atoms with Gasteiger partial charge in [-0.25, -0.2) is 4.68 Å². The van der Waals surface area contributed by atoms with E-state index in [-0.39, 0.29) is 11.8 Å². The fourth-order valence-corrected chi connectivity index (χ4v) is 3.27. The molecule has 1 amide bonds. The van der Waals surface area contributed by atoms with Gasteiger partial charge in [-0.2, -0.15) is 5.10 Å². The molecule has 0 bridgehead atoms. The third-order valence-electron chi connectivity index (χ3n) is 4.81. The van der Waals surface area contributed by atoms with E-state index in [1.807, 2.05) is 62.7 Å². The fourth-order valence-electron chi connectivity index (χ4n) is 3.27. The Morgan fingerprint density at radius 2 is 1.81 bits per heavy atom. The van der Waals surface area contributed by atoms with Gasteiger partial charge in [0.15, 0.2) is 5.76 Å². The Hall–Kier alpha value is -2.89. The van der Waals surface area contributed by atoms with Gasteiger partial charge in [0.2, 0.25) is 0 Å². The minimum atomic E-state index is -0.0799. The molecule has 0 atom stereocenters. The molecule has 0 saturated carbocycles. The van der Waals surface area contributed by atoms with Crippen molar-refractivity contribution in [1.82, 2.24) is 19.8 Å². The number of aromatic nitrogens is 3. The van der Waals surface area contributed by atoms with Crippen molar-refractivity contribution >= 4 is 5.91 Å². The summed E-state index contributed by atoms with van der Waals surface area (Å²) >= 11 is 0. The molecule has 0 aliphatic carbocycles. The zero-order valence-corrected chi connectivity index (χ0v) is 16.8. The van der Waals surface area contributed by atoms with Crippen LogP contribution >= 0.6 is 0 Å². The average molecular weight is 366 g/mol. The van der Waals surface area contributed by atoms with Gasteiger partial charge in [0, 0.05) is 30.8 Å². The van der Waals surface area contributed by atoms with Gasteiger partial charge >= 0.3 is 0 Å². The van der Waals surface area contributed by atoms with Crippen molar-refractivity contribution < 1.29 is 9.32 Å². The van der Waals surface area contributed by atoms with E-state index < -0.39 is 0 Å². The minimum Gasteiger partial charge on any atom is -0.360 e. The van der Waals surface area contributed by atoms with E-state index in [2.05, 4.69) is 10.3 Å². The van der Waals surface area contributed by atoms with Crippen LogP contribution in [0.3, 0.4) is 0 Å². The van der Waals surface area contributed by atoms with Crippen LogP contribution in [0.5, 0.6) is 0 Å². The van der Waals surface area contributed by atoms with Gasteiger partial charge in [0.25, 0.3) is 5.91 Å². The highest BCUT2D eigenvalue weighted by Crippen LogP contribution is 2.25. The zero-order valence-electron chi connectivity index (χ0n) is 16.8. The lowest BCUT2D eigenvalue weighted by Crippen LogP contribution is -2.28. The smallest absolute Gasteiger partial charge is 0.259 e. The summed E-state index contributed by atoms with van der Waals surface area (Å²) < 4.78 is 7.30. The van der Waals surface area contributed by atoms with Crippen LogP contribution in [-0.4, -0.2) is 32.8 Å². The van der Waals surface area contributed by atoms with E-state index in [1.165, 1.54) is 0 Å². The lowest BCUT2D eigenvalue weighted by molar-refractivity contribution is 0.0781. The summed E-state index contributed by atoms with van der Waals surface area (Å²) in [5.74, 6) is 0.657. The Labute approximate surface area is 159 Å². The number of hydrogen-bond donors (Lipinski definition) is 0. The van der Waals surface area contributed by atoms with Crippen molar-refractivity contribution in [3.8, 4) is 5.69 Å². The summed E-state index contributed by atoms with van der Waals surface area (Å²) in [7, 11) is 1.80. The van der Waals surface area contributed by atoms with Gasteiger partial charge in [0.05, 0.1) is 17.1 Å². The number of rotatable bonds is 5. The zero-order chi connectivity index (χ0) is 19.7. The van der Waals surface area contributed by atoms with E-state index in [0.29, 0.717) is 23.6 Å². The Bertz CT molecular complexity index is 954. The summed E-state index contributed by atoms with van der Waals surface area (Å²) in [6, 6.07) is 10.0. The van der Waals surface area contributed by atoms with Crippen LogP contribution < -0.4 is 0 Å². The summed E-state index contributed by atoms with van der Waals surface area (Å²) in [4.78, 5) is 14.8. The predicted octanol–water partition coefficient (Wildman–Crippen LogP) is 4.18. The summed E-state index contributed by atoms with van der Waals surface area (Å²) in [6.07, 6.45) is 0. The lowest BCUT2D eigenvalue weighted by Gasteiger charge is -2.18. The number of carbonyl (C=O) groups excluding carboxylic acids is 1. The van der Waals surface area contributed by atoms with E-state index in [4.69, 9.17) is 4.52 Å². The molecule has 142 valence electrons. The number of hydrogen-bond acceptors (Lipinski definition) is 4. The molecular formula is C21H26N4O2. The molecule has 0 radical (unpaired) electrons. The van der Waals surface area contributed by atoms with E-state index in [0.717, 1.165) is 22.6 Å². The van der Waals surface area contributed by atoms with Crippen molar-refractivity contribution in [2.75, 3.05) is 7.05 Å². The standard InChI is InChI=1S/C21H26N4O2/c1-13(2)20-19(15(4)23-27-20)21(26)24(6)12-18-14(3)22-25(16(18)5)17-10-8-7-9-11-17/h7-11,13H,12H2,1-6H3. The highest BCUT2D eigenvalue weighted by atomic mass is 16.5. The maximum Gasteiger partial charge on any atom is 0.259 e. The summed E-state index contributed by atoms with van der Waals surface area (Å²) in [6.45, 7) is 10.3. The van der Waals surface area contributed by atoms with E-state index >= 15 is 0 Å². The molecule has 0 spiro atoms.